The van der Waals surface area contributed by atoms with Crippen LogP contribution in [0.1, 0.15) is 0 Å². The summed E-state index contributed by atoms with van der Waals surface area (Å²) < 4.78 is 6.92. The predicted molar refractivity (Wildman–Crippen MR) is 50.8 cm³/mol. The van der Waals surface area contributed by atoms with Crippen LogP contribution in [-0.2, 0) is 0 Å². The molecule has 0 heterocycles. The molecule has 0 saturated heterocycles. The van der Waals surface area contributed by atoms with Crippen LogP contribution in [-0.4, -0.2) is 56.3 Å². The van der Waals surface area contributed by atoms with Crippen molar-refractivity contribution in [3.63, 3.8) is 0 Å². The first-order valence-corrected chi connectivity index (χ1v) is 5.01. The summed E-state index contributed by atoms with van der Waals surface area (Å²) in [6, 6.07) is 0. The van der Waals surface area contributed by atoms with E-state index in [0.717, 1.165) is 0 Å². The number of hydrogen-bond donors (Lipinski definition) is 0. The molecule has 0 saturated carbocycles. The molecule has 0 unspecified atom stereocenters. The average molecular weight is 165 g/mol. The van der Waals surface area contributed by atoms with Gasteiger partial charge in [-0.15, -0.1) is 0 Å². The molecule has 64 valence electrons. The first-order valence-electron chi connectivity index (χ1n) is 3.46. The van der Waals surface area contributed by atoms with Gasteiger partial charge >= 0.3 is 64.7 Å². The Balaban J connectivity index is 3.98. The van der Waals surface area contributed by atoms with Gasteiger partial charge in [-0.2, -0.15) is 0 Å². The third kappa shape index (κ3) is 2.93. The van der Waals surface area contributed by atoms with Gasteiger partial charge in [-0.25, -0.2) is 0 Å². The van der Waals surface area contributed by atoms with Gasteiger partial charge in [0, 0.05) is 0 Å². The fourth-order valence-corrected chi connectivity index (χ4v) is 4.16. The molecular formula is C6H20N3P. The molecule has 0 aliphatic heterocycles. The molecule has 0 aromatic rings. The number of rotatable bonds is 3. The van der Waals surface area contributed by atoms with Crippen molar-refractivity contribution in [2.45, 2.75) is 0 Å². The normalized spacial score (nSPS) is 13.5. The Morgan fingerprint density at radius 3 is 0.800 bits per heavy atom. The van der Waals surface area contributed by atoms with Gasteiger partial charge in [0.15, 0.2) is 0 Å². The van der Waals surface area contributed by atoms with Crippen molar-refractivity contribution in [3.8, 4) is 0 Å². The van der Waals surface area contributed by atoms with E-state index >= 15 is 0 Å². The van der Waals surface area contributed by atoms with E-state index in [1.165, 1.54) is 0 Å². The Morgan fingerprint density at radius 2 is 0.800 bits per heavy atom. The zero-order chi connectivity index (χ0) is 8.31. The minimum atomic E-state index is -0.954. The van der Waals surface area contributed by atoms with Crippen molar-refractivity contribution in [2.24, 2.45) is 0 Å². The van der Waals surface area contributed by atoms with E-state index in [-0.39, 0.29) is 0 Å². The summed E-state index contributed by atoms with van der Waals surface area (Å²) >= 11 is 0. The quantitative estimate of drug-likeness (QED) is 0.559. The summed E-state index contributed by atoms with van der Waals surface area (Å²) in [5.74, 6) is 0. The fourth-order valence-electron chi connectivity index (χ4n) is 1.39. The Hall–Kier alpha value is 0.310. The molecule has 0 radical (unpaired) electrons. The Bertz CT molecular complexity index is 74.0. The molecule has 0 aliphatic carbocycles. The second-order valence-corrected chi connectivity index (χ2v) is 7.03. The Labute approximate surface area is 65.5 Å². The van der Waals surface area contributed by atoms with Gasteiger partial charge in [0.25, 0.3) is 0 Å². The van der Waals surface area contributed by atoms with Crippen LogP contribution in [0.4, 0.5) is 0 Å². The summed E-state index contributed by atoms with van der Waals surface area (Å²) in [5.41, 5.74) is 0. The van der Waals surface area contributed by atoms with Crippen LogP contribution in [0.3, 0.4) is 0 Å². The molecule has 3 nitrogen and oxygen atoms in total. The van der Waals surface area contributed by atoms with Crippen molar-refractivity contribution in [1.82, 2.24) is 14.0 Å². The summed E-state index contributed by atoms with van der Waals surface area (Å²) in [6.45, 7) is 0. The van der Waals surface area contributed by atoms with Crippen molar-refractivity contribution in [3.05, 3.63) is 0 Å². The van der Waals surface area contributed by atoms with Gasteiger partial charge in [-0.1, -0.05) is 0 Å². The van der Waals surface area contributed by atoms with Crippen LogP contribution in [0, 0.1) is 0 Å². The third-order valence-corrected chi connectivity index (χ3v) is 4.16. The zero-order valence-electron chi connectivity index (χ0n) is 7.92. The molecule has 0 fully saturated rings. The fraction of sp³-hybridized carbons (Fsp3) is 1.00. The predicted octanol–water partition coefficient (Wildman–Crippen LogP) is 0.363. The van der Waals surface area contributed by atoms with Gasteiger partial charge in [0.2, 0.25) is 0 Å². The van der Waals surface area contributed by atoms with Gasteiger partial charge < -0.3 is 0 Å². The van der Waals surface area contributed by atoms with E-state index in [1.807, 2.05) is 0 Å². The molecule has 0 atom stereocenters. The summed E-state index contributed by atoms with van der Waals surface area (Å²) in [5, 5.41) is 0. The van der Waals surface area contributed by atoms with Crippen LogP contribution in [0.15, 0.2) is 0 Å². The van der Waals surface area contributed by atoms with E-state index < -0.39 is 8.37 Å². The average Bonchev–Trinajstić information content (AvgIpc) is 1.59. The minimum absolute atomic E-state index is 0.954. The van der Waals surface area contributed by atoms with E-state index in [1.54, 1.807) is 0 Å². The molecule has 0 amide bonds. The van der Waals surface area contributed by atoms with Gasteiger partial charge in [-0.3, -0.25) is 0 Å². The van der Waals surface area contributed by atoms with Crippen LogP contribution < -0.4 is 0 Å². The second kappa shape index (κ2) is 4.24. The first-order chi connectivity index (χ1) is 4.46. The maximum absolute atomic E-state index is 2.31. The maximum atomic E-state index is 2.31. The molecule has 0 aliphatic rings. The molecule has 0 N–H and O–H groups in total. The van der Waals surface area contributed by atoms with E-state index in [9.17, 15) is 0 Å². The van der Waals surface area contributed by atoms with Crippen molar-refractivity contribution >= 4 is 8.37 Å². The first kappa shape index (κ1) is 10.3. The molecule has 10 heavy (non-hydrogen) atoms. The molecule has 0 aromatic heterocycles. The van der Waals surface area contributed by atoms with Crippen LogP contribution >= 0.6 is 8.37 Å². The topological polar surface area (TPSA) is 9.72 Å². The molecule has 0 aromatic carbocycles. The SMILES string of the molecule is CN(C)[PH2](N(C)C)N(C)C. The Morgan fingerprint density at radius 1 is 0.600 bits per heavy atom. The van der Waals surface area contributed by atoms with E-state index in [4.69, 9.17) is 0 Å². The van der Waals surface area contributed by atoms with Gasteiger partial charge in [0.05, 0.1) is 0 Å². The van der Waals surface area contributed by atoms with Crippen LogP contribution in [0.2, 0.25) is 0 Å². The van der Waals surface area contributed by atoms with Crippen LogP contribution in [0.5, 0.6) is 0 Å². The van der Waals surface area contributed by atoms with Crippen LogP contribution in [0.25, 0.3) is 0 Å². The molecular weight excluding hydrogens is 145 g/mol. The van der Waals surface area contributed by atoms with Gasteiger partial charge in [0.1, 0.15) is 0 Å². The molecule has 0 spiro atoms. The Kier molecular flexibility index (Phi) is 4.37. The molecule has 0 bridgehead atoms. The monoisotopic (exact) mass is 165 g/mol. The molecule has 0 rings (SSSR count). The number of nitrogens with zero attached hydrogens (tertiary/aromatic N) is 3. The second-order valence-electron chi connectivity index (χ2n) is 3.24. The summed E-state index contributed by atoms with van der Waals surface area (Å²) in [7, 11) is 11.9. The summed E-state index contributed by atoms with van der Waals surface area (Å²) in [6.07, 6.45) is 0. The molecule has 4 heteroatoms. The van der Waals surface area contributed by atoms with Gasteiger partial charge in [-0.05, 0) is 0 Å². The zero-order valence-corrected chi connectivity index (χ0v) is 9.07. The summed E-state index contributed by atoms with van der Waals surface area (Å²) in [4.78, 5) is 0. The van der Waals surface area contributed by atoms with Crippen molar-refractivity contribution in [1.29, 1.82) is 0 Å². The van der Waals surface area contributed by atoms with E-state index in [0.29, 0.717) is 0 Å². The van der Waals surface area contributed by atoms with Crippen molar-refractivity contribution < 1.29 is 0 Å². The van der Waals surface area contributed by atoms with Crippen molar-refractivity contribution in [2.75, 3.05) is 42.3 Å². The third-order valence-electron chi connectivity index (χ3n) is 1.39. The van der Waals surface area contributed by atoms with E-state index in [2.05, 4.69) is 56.3 Å². The number of hydrogen-bond acceptors (Lipinski definition) is 3. The standard InChI is InChI=1S/C6H20N3P/c1-7(2)10(8(3)4)9(5)6/h10H2,1-6H3.